The van der Waals surface area contributed by atoms with Crippen LogP contribution in [-0.2, 0) is 6.54 Å². The lowest BCUT2D eigenvalue weighted by molar-refractivity contribution is -0.984. The molecule has 0 amide bonds. The lowest BCUT2D eigenvalue weighted by Gasteiger charge is -2.58. The number of aromatic nitrogens is 1. The maximum atomic E-state index is 12.0. The molecule has 3 aliphatic rings. The van der Waals surface area contributed by atoms with Crippen LogP contribution in [0.3, 0.4) is 0 Å². The largest absolute Gasteiger partial charge is 0.497 e. The summed E-state index contributed by atoms with van der Waals surface area (Å²) in [7, 11) is 3.30. The van der Waals surface area contributed by atoms with Crippen LogP contribution in [-0.4, -0.2) is 47.9 Å². The van der Waals surface area contributed by atoms with Crippen molar-refractivity contribution in [2.75, 3.05) is 27.3 Å². The number of ether oxygens (including phenoxy) is 2. The van der Waals surface area contributed by atoms with Gasteiger partial charge < -0.3 is 19.1 Å². The number of piperidine rings is 3. The molecule has 2 aromatic carbocycles. The molecule has 0 radical (unpaired) electrons. The molecule has 6 heteroatoms. The SMILES string of the molecule is C=Cc1c(OC)ccc(C[N+]23CCC(CC2C(O)c2ccnc4ccc(OC)cc24)C(C=C)C3)c1Cl. The van der Waals surface area contributed by atoms with E-state index in [1.165, 1.54) is 0 Å². The number of methoxy groups -OCH3 is 2. The molecule has 3 fully saturated rings. The van der Waals surface area contributed by atoms with Crippen LogP contribution < -0.4 is 9.47 Å². The summed E-state index contributed by atoms with van der Waals surface area (Å²) in [5.74, 6) is 2.42. The van der Waals surface area contributed by atoms with Crippen molar-refractivity contribution in [2.24, 2.45) is 11.8 Å². The topological polar surface area (TPSA) is 51.6 Å². The molecule has 0 aliphatic carbocycles. The number of hydrogen-bond donors (Lipinski definition) is 1. The Morgan fingerprint density at radius 2 is 2.03 bits per heavy atom. The van der Waals surface area contributed by atoms with Crippen molar-refractivity contribution in [1.29, 1.82) is 0 Å². The summed E-state index contributed by atoms with van der Waals surface area (Å²) in [5.41, 5.74) is 3.62. The molecule has 6 rings (SSSR count). The second-order valence-electron chi connectivity index (χ2n) is 10.1. The summed E-state index contributed by atoms with van der Waals surface area (Å²) in [6.07, 6.45) is 7.06. The van der Waals surface area contributed by atoms with Gasteiger partial charge in [-0.05, 0) is 47.9 Å². The van der Waals surface area contributed by atoms with E-state index in [1.807, 2.05) is 30.3 Å². The van der Waals surface area contributed by atoms with Crippen LogP contribution >= 0.6 is 11.6 Å². The molecule has 5 nitrogen and oxygen atoms in total. The first-order chi connectivity index (χ1) is 17.4. The molecule has 36 heavy (non-hydrogen) atoms. The highest BCUT2D eigenvalue weighted by Gasteiger charge is 2.54. The van der Waals surface area contributed by atoms with E-state index in [0.29, 0.717) is 22.6 Å². The second kappa shape index (κ2) is 9.89. The zero-order valence-corrected chi connectivity index (χ0v) is 21.7. The van der Waals surface area contributed by atoms with E-state index in [2.05, 4.69) is 30.3 Å². The number of aliphatic hydroxyl groups excluding tert-OH is 1. The van der Waals surface area contributed by atoms with Crippen molar-refractivity contribution < 1.29 is 19.1 Å². The summed E-state index contributed by atoms with van der Waals surface area (Å²) < 4.78 is 11.7. The number of halogens is 1. The highest BCUT2D eigenvalue weighted by Crippen LogP contribution is 2.49. The smallest absolute Gasteiger partial charge is 0.131 e. The molecule has 0 saturated carbocycles. The zero-order valence-electron chi connectivity index (χ0n) is 21.0. The van der Waals surface area contributed by atoms with Crippen molar-refractivity contribution in [3.63, 3.8) is 0 Å². The lowest BCUT2D eigenvalue weighted by atomic mass is 9.71. The minimum absolute atomic E-state index is 0.0297. The van der Waals surface area contributed by atoms with Crippen LogP contribution in [0.1, 0.15) is 35.6 Å². The van der Waals surface area contributed by atoms with Crippen molar-refractivity contribution >= 4 is 28.6 Å². The zero-order chi connectivity index (χ0) is 25.4. The predicted octanol–water partition coefficient (Wildman–Crippen LogP) is 6.19. The fraction of sp³-hybridized carbons (Fsp3) is 0.367. The molecule has 4 heterocycles. The van der Waals surface area contributed by atoms with E-state index in [4.69, 9.17) is 21.1 Å². The number of hydrogen-bond acceptors (Lipinski definition) is 4. The molecule has 5 atom stereocenters. The summed E-state index contributed by atoms with van der Waals surface area (Å²) in [4.78, 5) is 4.53. The summed E-state index contributed by atoms with van der Waals surface area (Å²) in [6.45, 7) is 10.8. The molecule has 5 unspecified atom stereocenters. The fourth-order valence-corrected chi connectivity index (χ4v) is 6.86. The number of benzene rings is 2. The summed E-state index contributed by atoms with van der Waals surface area (Å²) in [6, 6.07) is 11.8. The average Bonchev–Trinajstić information content (AvgIpc) is 2.92. The van der Waals surface area contributed by atoms with Crippen molar-refractivity contribution in [2.45, 2.75) is 31.5 Å². The van der Waals surface area contributed by atoms with E-state index < -0.39 is 6.10 Å². The van der Waals surface area contributed by atoms with E-state index in [1.54, 1.807) is 26.5 Å². The average molecular weight is 506 g/mol. The van der Waals surface area contributed by atoms with Gasteiger partial charge in [0.2, 0.25) is 0 Å². The third-order valence-electron chi connectivity index (χ3n) is 8.47. The molecule has 0 spiro atoms. The van der Waals surface area contributed by atoms with Gasteiger partial charge in [0.15, 0.2) is 0 Å². The van der Waals surface area contributed by atoms with Gasteiger partial charge in [-0.1, -0.05) is 30.3 Å². The van der Waals surface area contributed by atoms with E-state index in [-0.39, 0.29) is 6.04 Å². The highest BCUT2D eigenvalue weighted by molar-refractivity contribution is 6.33. The van der Waals surface area contributed by atoms with E-state index in [9.17, 15) is 5.11 Å². The van der Waals surface area contributed by atoms with Gasteiger partial charge in [0.05, 0.1) is 37.8 Å². The Hall–Kier alpha value is -2.86. The highest BCUT2D eigenvalue weighted by atomic mass is 35.5. The van der Waals surface area contributed by atoms with Crippen molar-refractivity contribution in [3.05, 3.63) is 83.5 Å². The molecule has 1 N–H and O–H groups in total. The minimum atomic E-state index is -0.646. The van der Waals surface area contributed by atoms with Crippen LogP contribution in [0.15, 0.2) is 61.8 Å². The normalized spacial score (nSPS) is 25.9. The molecular weight excluding hydrogens is 472 g/mol. The Balaban J connectivity index is 1.58. The lowest BCUT2D eigenvalue weighted by Crippen LogP contribution is -2.67. The Labute approximate surface area is 218 Å². The quantitative estimate of drug-likeness (QED) is 0.293. The van der Waals surface area contributed by atoms with Crippen molar-refractivity contribution in [3.8, 4) is 11.5 Å². The molecular formula is C30H34ClN2O3+. The van der Waals surface area contributed by atoms with Gasteiger partial charge in [-0.3, -0.25) is 4.98 Å². The minimum Gasteiger partial charge on any atom is -0.497 e. The van der Waals surface area contributed by atoms with Gasteiger partial charge in [0.25, 0.3) is 0 Å². The number of fused-ring (bicyclic) bond motifs is 4. The molecule has 3 aliphatic heterocycles. The monoisotopic (exact) mass is 505 g/mol. The van der Waals surface area contributed by atoms with Crippen LogP contribution in [0.25, 0.3) is 17.0 Å². The summed E-state index contributed by atoms with van der Waals surface area (Å²) >= 11 is 6.90. The molecule has 3 aromatic rings. The van der Waals surface area contributed by atoms with E-state index in [0.717, 1.165) is 70.3 Å². The first-order valence-corrected chi connectivity index (χ1v) is 12.9. The second-order valence-corrected chi connectivity index (χ2v) is 10.5. The van der Waals surface area contributed by atoms with Gasteiger partial charge in [-0.2, -0.15) is 0 Å². The maximum absolute atomic E-state index is 12.0. The Morgan fingerprint density at radius 3 is 2.75 bits per heavy atom. The third-order valence-corrected chi connectivity index (χ3v) is 8.92. The number of nitrogens with zero attached hydrogens (tertiary/aromatic N) is 2. The van der Waals surface area contributed by atoms with Gasteiger partial charge >= 0.3 is 0 Å². The standard InChI is InChI=1S/C30H34ClN2O3/c1-5-19-17-33(18-21-7-10-28(36-4)23(6-2)29(21)31)14-12-20(19)15-27(33)30(34)24-11-13-32-26-9-8-22(35-3)16-25(24)26/h5-11,13,16,19-20,27,30,34H,1-2,12,14-15,17-18H2,3-4H3/q+1. The third kappa shape index (κ3) is 4.09. The number of rotatable bonds is 8. The van der Waals surface area contributed by atoms with Gasteiger partial charge in [0.1, 0.15) is 30.2 Å². The van der Waals surface area contributed by atoms with Crippen LogP contribution in [0.5, 0.6) is 11.5 Å². The first kappa shape index (κ1) is 24.8. The maximum Gasteiger partial charge on any atom is 0.131 e. The first-order valence-electron chi connectivity index (χ1n) is 12.5. The Morgan fingerprint density at radius 1 is 1.19 bits per heavy atom. The number of aliphatic hydroxyl groups is 1. The van der Waals surface area contributed by atoms with Crippen LogP contribution in [0.2, 0.25) is 5.02 Å². The van der Waals surface area contributed by atoms with Crippen LogP contribution in [0.4, 0.5) is 0 Å². The molecule has 1 aromatic heterocycles. The fourth-order valence-electron chi connectivity index (χ4n) is 6.57. The van der Waals surface area contributed by atoms with Gasteiger partial charge in [-0.25, -0.2) is 0 Å². The molecule has 3 saturated heterocycles. The predicted molar refractivity (Wildman–Crippen MR) is 145 cm³/mol. The van der Waals surface area contributed by atoms with E-state index >= 15 is 0 Å². The van der Waals surface area contributed by atoms with Crippen molar-refractivity contribution in [1.82, 2.24) is 4.98 Å². The van der Waals surface area contributed by atoms with Crippen LogP contribution in [0, 0.1) is 11.8 Å². The molecule has 188 valence electrons. The number of quaternary nitrogens is 1. The van der Waals surface area contributed by atoms with Gasteiger partial charge in [0, 0.05) is 41.5 Å². The Kier molecular flexibility index (Phi) is 6.82. The summed E-state index contributed by atoms with van der Waals surface area (Å²) in [5, 5.41) is 13.6. The van der Waals surface area contributed by atoms with Gasteiger partial charge in [-0.15, -0.1) is 6.58 Å². The number of pyridine rings is 1. The Bertz CT molecular complexity index is 1310. The molecule has 2 bridgehead atoms.